The summed E-state index contributed by atoms with van der Waals surface area (Å²) in [7, 11) is 0. The Bertz CT molecular complexity index is 638. The number of benzene rings is 2. The Kier molecular flexibility index (Phi) is 3.16. The number of fused-ring (bicyclic) bond motifs is 1. The average molecular weight is 270 g/mol. The highest BCUT2D eigenvalue weighted by Crippen LogP contribution is 2.32. The average Bonchev–Trinajstić information content (AvgIpc) is 2.93. The first-order valence-electron chi connectivity index (χ1n) is 6.18. The monoisotopic (exact) mass is 270 g/mol. The van der Waals surface area contributed by atoms with Gasteiger partial charge in [0.15, 0.2) is 11.5 Å². The quantitative estimate of drug-likeness (QED) is 0.660. The molecule has 2 aromatic carbocycles. The fraction of sp³-hybridized carbons (Fsp3) is 0.133. The lowest BCUT2D eigenvalue weighted by Crippen LogP contribution is -2.10. The zero-order valence-corrected chi connectivity index (χ0v) is 10.8. The Balaban J connectivity index is 1.65. The van der Waals surface area contributed by atoms with E-state index in [0.717, 1.165) is 22.8 Å². The highest BCUT2D eigenvalue weighted by molar-refractivity contribution is 5.94. The van der Waals surface area contributed by atoms with E-state index in [4.69, 9.17) is 25.4 Å². The van der Waals surface area contributed by atoms with Crippen LogP contribution < -0.4 is 19.9 Å². The van der Waals surface area contributed by atoms with Crippen LogP contribution >= 0.6 is 0 Å². The zero-order chi connectivity index (χ0) is 13.9. The third kappa shape index (κ3) is 2.51. The maximum atomic E-state index is 7.32. The van der Waals surface area contributed by atoms with Crippen molar-refractivity contribution in [1.82, 2.24) is 0 Å². The number of nitrogen functional groups attached to an aromatic ring is 1. The van der Waals surface area contributed by atoms with Gasteiger partial charge in [0.1, 0.15) is 18.2 Å². The first-order valence-corrected chi connectivity index (χ1v) is 6.18. The minimum Gasteiger partial charge on any atom is -0.489 e. The SMILES string of the molecule is N=C(N)c1ccc(OCc2ccc3c(c2)OCO3)cc1. The number of amidine groups is 1. The first kappa shape index (κ1) is 12.3. The molecule has 20 heavy (non-hydrogen) atoms. The second kappa shape index (κ2) is 5.13. The molecule has 0 spiro atoms. The summed E-state index contributed by atoms with van der Waals surface area (Å²) in [6, 6.07) is 12.8. The van der Waals surface area contributed by atoms with Crippen LogP contribution in [-0.2, 0) is 6.61 Å². The van der Waals surface area contributed by atoms with E-state index in [-0.39, 0.29) is 12.6 Å². The van der Waals surface area contributed by atoms with E-state index in [0.29, 0.717) is 12.2 Å². The van der Waals surface area contributed by atoms with Gasteiger partial charge in [-0.05, 0) is 42.0 Å². The van der Waals surface area contributed by atoms with Crippen molar-refractivity contribution in [3.63, 3.8) is 0 Å². The van der Waals surface area contributed by atoms with Crippen molar-refractivity contribution in [1.29, 1.82) is 5.41 Å². The summed E-state index contributed by atoms with van der Waals surface area (Å²) in [6.45, 7) is 0.711. The Hall–Kier alpha value is -2.69. The van der Waals surface area contributed by atoms with E-state index < -0.39 is 0 Å². The number of nitrogens with one attached hydrogen (secondary N) is 1. The maximum Gasteiger partial charge on any atom is 0.231 e. The van der Waals surface area contributed by atoms with Gasteiger partial charge in [-0.2, -0.15) is 0 Å². The van der Waals surface area contributed by atoms with Crippen molar-refractivity contribution in [2.75, 3.05) is 6.79 Å². The Morgan fingerprint density at radius 2 is 1.85 bits per heavy atom. The third-order valence-corrected chi connectivity index (χ3v) is 3.01. The summed E-state index contributed by atoms with van der Waals surface area (Å²) in [5.41, 5.74) is 7.08. The van der Waals surface area contributed by atoms with Crippen LogP contribution in [-0.4, -0.2) is 12.6 Å². The second-order valence-corrected chi connectivity index (χ2v) is 4.41. The minimum atomic E-state index is 0.0484. The van der Waals surface area contributed by atoms with Gasteiger partial charge in [-0.1, -0.05) is 6.07 Å². The van der Waals surface area contributed by atoms with Gasteiger partial charge < -0.3 is 19.9 Å². The molecule has 0 fully saturated rings. The Labute approximate surface area is 116 Å². The van der Waals surface area contributed by atoms with Crippen LogP contribution in [0.15, 0.2) is 42.5 Å². The molecular weight excluding hydrogens is 256 g/mol. The predicted molar refractivity (Wildman–Crippen MR) is 74.4 cm³/mol. The van der Waals surface area contributed by atoms with E-state index >= 15 is 0 Å². The summed E-state index contributed by atoms with van der Waals surface area (Å²) in [5, 5.41) is 7.32. The summed E-state index contributed by atoms with van der Waals surface area (Å²) < 4.78 is 16.3. The summed E-state index contributed by atoms with van der Waals surface area (Å²) in [5.74, 6) is 2.29. The molecule has 3 N–H and O–H groups in total. The molecule has 5 nitrogen and oxygen atoms in total. The molecule has 102 valence electrons. The number of hydrogen-bond acceptors (Lipinski definition) is 4. The molecule has 2 aromatic rings. The summed E-state index contributed by atoms with van der Waals surface area (Å²) >= 11 is 0. The van der Waals surface area contributed by atoms with Gasteiger partial charge in [0, 0.05) is 5.56 Å². The molecule has 0 aromatic heterocycles. The first-order chi connectivity index (χ1) is 9.72. The van der Waals surface area contributed by atoms with Crippen molar-refractivity contribution in [2.45, 2.75) is 6.61 Å². The summed E-state index contributed by atoms with van der Waals surface area (Å²) in [4.78, 5) is 0. The van der Waals surface area contributed by atoms with E-state index in [9.17, 15) is 0 Å². The van der Waals surface area contributed by atoms with Crippen LogP contribution in [0.3, 0.4) is 0 Å². The fourth-order valence-electron chi connectivity index (χ4n) is 1.93. The van der Waals surface area contributed by atoms with Crippen LogP contribution in [0, 0.1) is 5.41 Å². The van der Waals surface area contributed by atoms with Crippen molar-refractivity contribution in [3.8, 4) is 17.2 Å². The van der Waals surface area contributed by atoms with Crippen LogP contribution in [0.4, 0.5) is 0 Å². The molecule has 1 heterocycles. The van der Waals surface area contributed by atoms with Gasteiger partial charge in [0.25, 0.3) is 0 Å². The lowest BCUT2D eigenvalue weighted by molar-refractivity contribution is 0.174. The molecule has 0 saturated carbocycles. The summed E-state index contributed by atoms with van der Waals surface area (Å²) in [6.07, 6.45) is 0. The van der Waals surface area contributed by atoms with Gasteiger partial charge in [-0.25, -0.2) is 0 Å². The highest BCUT2D eigenvalue weighted by Gasteiger charge is 2.13. The minimum absolute atomic E-state index is 0.0484. The second-order valence-electron chi connectivity index (χ2n) is 4.41. The van der Waals surface area contributed by atoms with Crippen LogP contribution in [0.2, 0.25) is 0 Å². The largest absolute Gasteiger partial charge is 0.489 e. The molecule has 0 bridgehead atoms. The number of nitrogens with two attached hydrogens (primary N) is 1. The van der Waals surface area contributed by atoms with Gasteiger partial charge in [-0.3, -0.25) is 5.41 Å². The molecule has 1 aliphatic heterocycles. The van der Waals surface area contributed by atoms with Crippen LogP contribution in [0.25, 0.3) is 0 Å². The molecular formula is C15H14N2O3. The van der Waals surface area contributed by atoms with Crippen molar-refractivity contribution in [2.24, 2.45) is 5.73 Å². The Morgan fingerprint density at radius 1 is 1.10 bits per heavy atom. The highest BCUT2D eigenvalue weighted by atomic mass is 16.7. The Morgan fingerprint density at radius 3 is 2.60 bits per heavy atom. The molecule has 0 amide bonds. The van der Waals surface area contributed by atoms with Gasteiger partial charge in [0.05, 0.1) is 0 Å². The van der Waals surface area contributed by atoms with Crippen LogP contribution in [0.1, 0.15) is 11.1 Å². The van der Waals surface area contributed by atoms with Crippen molar-refractivity contribution >= 4 is 5.84 Å². The lowest BCUT2D eigenvalue weighted by atomic mass is 10.2. The predicted octanol–water partition coefficient (Wildman–Crippen LogP) is 2.28. The van der Waals surface area contributed by atoms with E-state index in [1.165, 1.54) is 0 Å². The fourth-order valence-corrected chi connectivity index (χ4v) is 1.93. The van der Waals surface area contributed by atoms with Gasteiger partial charge in [0.2, 0.25) is 6.79 Å². The lowest BCUT2D eigenvalue weighted by Gasteiger charge is -2.07. The number of rotatable bonds is 4. The molecule has 3 rings (SSSR count). The van der Waals surface area contributed by atoms with Crippen molar-refractivity contribution < 1.29 is 14.2 Å². The van der Waals surface area contributed by atoms with E-state index in [2.05, 4.69) is 0 Å². The number of ether oxygens (including phenoxy) is 3. The third-order valence-electron chi connectivity index (χ3n) is 3.01. The molecule has 5 heteroatoms. The van der Waals surface area contributed by atoms with E-state index in [1.54, 1.807) is 24.3 Å². The molecule has 0 saturated heterocycles. The van der Waals surface area contributed by atoms with Gasteiger partial charge >= 0.3 is 0 Å². The molecule has 0 unspecified atom stereocenters. The van der Waals surface area contributed by atoms with Crippen molar-refractivity contribution in [3.05, 3.63) is 53.6 Å². The molecule has 0 aliphatic carbocycles. The normalized spacial score (nSPS) is 12.2. The molecule has 0 radical (unpaired) electrons. The molecule has 0 atom stereocenters. The maximum absolute atomic E-state index is 7.32. The zero-order valence-electron chi connectivity index (χ0n) is 10.8. The van der Waals surface area contributed by atoms with E-state index in [1.807, 2.05) is 18.2 Å². The standard InChI is InChI=1S/C15H14N2O3/c16-15(17)11-2-4-12(5-3-11)18-8-10-1-6-13-14(7-10)20-9-19-13/h1-7H,8-9H2,(H3,16,17). The smallest absolute Gasteiger partial charge is 0.231 e. The topological polar surface area (TPSA) is 77.6 Å². The molecule has 1 aliphatic rings. The number of hydrogen-bond donors (Lipinski definition) is 2. The van der Waals surface area contributed by atoms with Crippen LogP contribution in [0.5, 0.6) is 17.2 Å². The van der Waals surface area contributed by atoms with Gasteiger partial charge in [-0.15, -0.1) is 0 Å².